The van der Waals surface area contributed by atoms with Crippen molar-refractivity contribution in [2.45, 2.75) is 0 Å². The Kier molecular flexibility index (Phi) is 2.80. The lowest BCUT2D eigenvalue weighted by atomic mass is 10.0. The highest BCUT2D eigenvalue weighted by molar-refractivity contribution is 9.09. The second-order valence-electron chi connectivity index (χ2n) is 3.48. The van der Waals surface area contributed by atoms with E-state index in [0.717, 1.165) is 11.3 Å². The van der Waals surface area contributed by atoms with E-state index in [9.17, 15) is 4.79 Å². The van der Waals surface area contributed by atoms with Gasteiger partial charge in [-0.2, -0.15) is 5.26 Å². The van der Waals surface area contributed by atoms with E-state index in [4.69, 9.17) is 5.26 Å². The number of hydrogen-bond acceptors (Lipinski definition) is 2. The van der Waals surface area contributed by atoms with E-state index >= 15 is 0 Å². The van der Waals surface area contributed by atoms with Crippen molar-refractivity contribution in [1.82, 2.24) is 0 Å². The SMILES string of the molecule is CN1C(=O)/C(=C(/C#N)CBr)c2ccccc21. The minimum Gasteiger partial charge on any atom is -0.311 e. The number of hydrogen-bond donors (Lipinski definition) is 0. The smallest absolute Gasteiger partial charge is 0.259 e. The molecule has 0 bridgehead atoms. The van der Waals surface area contributed by atoms with Gasteiger partial charge in [0.25, 0.3) is 5.91 Å². The number of halogens is 1. The molecule has 1 amide bonds. The third kappa shape index (κ3) is 1.44. The van der Waals surface area contributed by atoms with E-state index in [1.807, 2.05) is 24.3 Å². The molecule has 0 N–H and O–H groups in total. The quantitative estimate of drug-likeness (QED) is 0.449. The monoisotopic (exact) mass is 276 g/mol. The topological polar surface area (TPSA) is 44.1 Å². The summed E-state index contributed by atoms with van der Waals surface area (Å²) in [5.74, 6) is -0.114. The summed E-state index contributed by atoms with van der Waals surface area (Å²) in [5.41, 5.74) is 2.68. The number of alkyl halides is 1. The molecule has 0 atom stereocenters. The molecule has 3 nitrogen and oxygen atoms in total. The van der Waals surface area contributed by atoms with Crippen LogP contribution in [0.15, 0.2) is 29.8 Å². The average molecular weight is 277 g/mol. The van der Waals surface area contributed by atoms with Gasteiger partial charge in [-0.1, -0.05) is 34.1 Å². The average Bonchev–Trinajstić information content (AvgIpc) is 2.57. The van der Waals surface area contributed by atoms with Crippen LogP contribution in [0.5, 0.6) is 0 Å². The number of benzene rings is 1. The van der Waals surface area contributed by atoms with Crippen molar-refractivity contribution in [3.63, 3.8) is 0 Å². The Balaban J connectivity index is 2.72. The Hall–Kier alpha value is -1.60. The van der Waals surface area contributed by atoms with Gasteiger partial charge in [0.05, 0.1) is 22.9 Å². The second kappa shape index (κ2) is 4.11. The van der Waals surface area contributed by atoms with Gasteiger partial charge in [0.15, 0.2) is 0 Å². The molecule has 0 saturated heterocycles. The minimum atomic E-state index is -0.114. The second-order valence-corrected chi connectivity index (χ2v) is 4.04. The predicted molar refractivity (Wildman–Crippen MR) is 66.2 cm³/mol. The number of nitriles is 1. The summed E-state index contributed by atoms with van der Waals surface area (Å²) < 4.78 is 0. The Morgan fingerprint density at radius 3 is 2.81 bits per heavy atom. The highest BCUT2D eigenvalue weighted by atomic mass is 79.9. The maximum atomic E-state index is 12.0. The van der Waals surface area contributed by atoms with Crippen molar-refractivity contribution < 1.29 is 4.79 Å². The number of rotatable bonds is 1. The Morgan fingerprint density at radius 2 is 2.19 bits per heavy atom. The molecule has 1 aliphatic heterocycles. The number of allylic oxidation sites excluding steroid dienone is 1. The molecular formula is C12H9BrN2O. The van der Waals surface area contributed by atoms with E-state index in [0.29, 0.717) is 16.5 Å². The third-order valence-corrected chi connectivity index (χ3v) is 3.18. The number of amides is 1. The number of nitrogens with zero attached hydrogens (tertiary/aromatic N) is 2. The summed E-state index contributed by atoms with van der Waals surface area (Å²) in [7, 11) is 1.72. The van der Waals surface area contributed by atoms with Crippen LogP contribution in [-0.2, 0) is 4.79 Å². The summed E-state index contributed by atoms with van der Waals surface area (Å²) in [5, 5.41) is 9.40. The molecule has 0 fully saturated rings. The van der Waals surface area contributed by atoms with Crippen molar-refractivity contribution in [1.29, 1.82) is 5.26 Å². The number of fused-ring (bicyclic) bond motifs is 1. The Bertz CT molecular complexity index is 528. The molecule has 0 unspecified atom stereocenters. The number of carbonyl (C=O) groups is 1. The van der Waals surface area contributed by atoms with Crippen LogP contribution in [0.25, 0.3) is 5.57 Å². The van der Waals surface area contributed by atoms with E-state index < -0.39 is 0 Å². The summed E-state index contributed by atoms with van der Waals surface area (Å²) in [6.07, 6.45) is 0. The third-order valence-electron chi connectivity index (χ3n) is 2.62. The van der Waals surface area contributed by atoms with Crippen LogP contribution in [0.4, 0.5) is 5.69 Å². The van der Waals surface area contributed by atoms with Gasteiger partial charge in [-0.15, -0.1) is 0 Å². The largest absolute Gasteiger partial charge is 0.311 e. The molecule has 0 saturated carbocycles. The molecule has 4 heteroatoms. The van der Waals surface area contributed by atoms with Gasteiger partial charge in [-0.3, -0.25) is 4.79 Å². The maximum Gasteiger partial charge on any atom is 0.259 e. The van der Waals surface area contributed by atoms with Crippen LogP contribution in [0, 0.1) is 11.3 Å². The van der Waals surface area contributed by atoms with Gasteiger partial charge in [0, 0.05) is 17.9 Å². The van der Waals surface area contributed by atoms with Crippen LogP contribution in [0.1, 0.15) is 5.56 Å². The fourth-order valence-electron chi connectivity index (χ4n) is 1.81. The highest BCUT2D eigenvalue weighted by Crippen LogP contribution is 2.37. The first kappa shape index (κ1) is 10.9. The maximum absolute atomic E-state index is 12.0. The molecule has 0 aliphatic carbocycles. The van der Waals surface area contributed by atoms with Gasteiger partial charge in [-0.05, 0) is 6.07 Å². The molecule has 16 heavy (non-hydrogen) atoms. The Morgan fingerprint density at radius 1 is 1.50 bits per heavy atom. The molecule has 2 rings (SSSR count). The molecular weight excluding hydrogens is 268 g/mol. The number of para-hydroxylation sites is 1. The van der Waals surface area contributed by atoms with E-state index in [1.165, 1.54) is 0 Å². The van der Waals surface area contributed by atoms with E-state index in [2.05, 4.69) is 22.0 Å². The minimum absolute atomic E-state index is 0.114. The fraction of sp³-hybridized carbons (Fsp3) is 0.167. The lowest BCUT2D eigenvalue weighted by Gasteiger charge is -2.08. The van der Waals surface area contributed by atoms with Crippen molar-refractivity contribution in [3.05, 3.63) is 35.4 Å². The van der Waals surface area contributed by atoms with Gasteiger partial charge in [0.2, 0.25) is 0 Å². The van der Waals surface area contributed by atoms with Crippen molar-refractivity contribution >= 4 is 33.1 Å². The molecule has 0 radical (unpaired) electrons. The van der Waals surface area contributed by atoms with Crippen LogP contribution < -0.4 is 4.90 Å². The van der Waals surface area contributed by atoms with Crippen LogP contribution in [0.2, 0.25) is 0 Å². The molecule has 1 aromatic rings. The first-order valence-electron chi connectivity index (χ1n) is 4.77. The fourth-order valence-corrected chi connectivity index (χ4v) is 2.22. The summed E-state index contributed by atoms with van der Waals surface area (Å²) in [6.45, 7) is 0. The number of carbonyl (C=O) groups excluding carboxylic acids is 1. The predicted octanol–water partition coefficient (Wildman–Crippen LogP) is 2.34. The molecule has 0 aromatic heterocycles. The zero-order valence-corrected chi connectivity index (χ0v) is 10.3. The molecule has 0 spiro atoms. The zero-order valence-electron chi connectivity index (χ0n) is 8.70. The van der Waals surface area contributed by atoms with Gasteiger partial charge in [0.1, 0.15) is 0 Å². The van der Waals surface area contributed by atoms with Gasteiger partial charge < -0.3 is 4.90 Å². The first-order valence-corrected chi connectivity index (χ1v) is 5.89. The van der Waals surface area contributed by atoms with E-state index in [-0.39, 0.29) is 5.91 Å². The molecule has 1 aliphatic rings. The molecule has 80 valence electrons. The summed E-state index contributed by atoms with van der Waals surface area (Å²) in [4.78, 5) is 13.6. The molecule has 1 heterocycles. The molecule has 1 aromatic carbocycles. The summed E-state index contributed by atoms with van der Waals surface area (Å²) in [6, 6.07) is 9.57. The van der Waals surface area contributed by atoms with Crippen molar-refractivity contribution in [3.8, 4) is 6.07 Å². The zero-order chi connectivity index (χ0) is 11.7. The number of anilines is 1. The van der Waals surface area contributed by atoms with Gasteiger partial charge >= 0.3 is 0 Å². The van der Waals surface area contributed by atoms with E-state index in [1.54, 1.807) is 11.9 Å². The standard InChI is InChI=1S/C12H9BrN2O/c1-15-10-5-3-2-4-9(10)11(12(15)16)8(6-13)7-14/h2-5H,6H2,1H3/b11-8+. The first-order chi connectivity index (χ1) is 7.70. The lowest BCUT2D eigenvalue weighted by molar-refractivity contribution is -0.112. The van der Waals surface area contributed by atoms with Crippen molar-refractivity contribution in [2.75, 3.05) is 17.3 Å². The summed E-state index contributed by atoms with van der Waals surface area (Å²) >= 11 is 3.23. The lowest BCUT2D eigenvalue weighted by Crippen LogP contribution is -2.20. The van der Waals surface area contributed by atoms with Crippen LogP contribution in [-0.4, -0.2) is 18.3 Å². The van der Waals surface area contributed by atoms with Crippen molar-refractivity contribution in [2.24, 2.45) is 0 Å². The Labute approximate surface area is 102 Å². The highest BCUT2D eigenvalue weighted by Gasteiger charge is 2.31. The van der Waals surface area contributed by atoms with Crippen LogP contribution >= 0.6 is 15.9 Å². The normalized spacial score (nSPS) is 17.1. The van der Waals surface area contributed by atoms with Gasteiger partial charge in [-0.25, -0.2) is 0 Å². The number of likely N-dealkylation sites (N-methyl/N-ethyl adjacent to an activating group) is 1. The van der Waals surface area contributed by atoms with Crippen LogP contribution in [0.3, 0.4) is 0 Å².